The summed E-state index contributed by atoms with van der Waals surface area (Å²) in [6, 6.07) is 0. The van der Waals surface area contributed by atoms with Crippen molar-refractivity contribution in [3.05, 3.63) is 0 Å². The van der Waals surface area contributed by atoms with Crippen LogP contribution in [0.4, 0.5) is 0 Å². The van der Waals surface area contributed by atoms with Crippen molar-refractivity contribution in [3.63, 3.8) is 0 Å². The van der Waals surface area contributed by atoms with Gasteiger partial charge in [0.2, 0.25) is 0 Å². The lowest BCUT2D eigenvalue weighted by atomic mass is 10.1. The van der Waals surface area contributed by atoms with Crippen molar-refractivity contribution in [1.29, 1.82) is 0 Å². The molecule has 0 saturated carbocycles. The summed E-state index contributed by atoms with van der Waals surface area (Å²) in [7, 11) is 1.85. The molecule has 0 radical (unpaired) electrons. The van der Waals surface area contributed by atoms with Crippen molar-refractivity contribution in [2.45, 2.75) is 64.7 Å². The first-order valence-corrected chi connectivity index (χ1v) is 10.1. The highest BCUT2D eigenvalue weighted by Gasteiger charge is 2.08. The molecule has 1 fully saturated rings. The molecule has 0 amide bonds. The molecule has 2 N–H and O–H groups in total. The van der Waals surface area contributed by atoms with Gasteiger partial charge in [-0.3, -0.25) is 9.89 Å². The Morgan fingerprint density at radius 3 is 2.08 bits per heavy atom. The van der Waals surface area contributed by atoms with E-state index in [0.29, 0.717) is 0 Å². The van der Waals surface area contributed by atoms with Crippen molar-refractivity contribution in [1.82, 2.24) is 15.5 Å². The summed E-state index contributed by atoms with van der Waals surface area (Å²) >= 11 is 0. The second kappa shape index (κ2) is 15.7. The highest BCUT2D eigenvalue weighted by atomic mass is 16.5. The van der Waals surface area contributed by atoms with Gasteiger partial charge in [0.15, 0.2) is 5.96 Å². The van der Waals surface area contributed by atoms with Crippen LogP contribution in [-0.4, -0.2) is 63.8 Å². The van der Waals surface area contributed by atoms with Crippen LogP contribution < -0.4 is 10.6 Å². The number of guanidine groups is 1. The Bertz CT molecular complexity index is 304. The van der Waals surface area contributed by atoms with E-state index in [-0.39, 0.29) is 0 Å². The number of rotatable bonds is 13. The molecule has 0 aliphatic carbocycles. The number of hydrogen-bond acceptors (Lipinski definition) is 3. The zero-order valence-corrected chi connectivity index (χ0v) is 16.1. The fraction of sp³-hybridized carbons (Fsp3) is 0.947. The van der Waals surface area contributed by atoms with Crippen molar-refractivity contribution < 1.29 is 4.74 Å². The van der Waals surface area contributed by atoms with E-state index < -0.39 is 0 Å². The summed E-state index contributed by atoms with van der Waals surface area (Å²) in [6.45, 7) is 9.47. The third kappa shape index (κ3) is 11.7. The first-order chi connectivity index (χ1) is 11.9. The molecule has 1 heterocycles. The van der Waals surface area contributed by atoms with Crippen LogP contribution in [0.15, 0.2) is 4.99 Å². The van der Waals surface area contributed by atoms with Crippen molar-refractivity contribution in [2.75, 3.05) is 53.0 Å². The molecule has 0 spiro atoms. The van der Waals surface area contributed by atoms with Gasteiger partial charge in [0, 0.05) is 33.2 Å². The quantitative estimate of drug-likeness (QED) is 0.307. The molecule has 0 aromatic rings. The Balaban J connectivity index is 1.89. The second-order valence-electron chi connectivity index (χ2n) is 6.71. The Morgan fingerprint density at radius 1 is 0.875 bits per heavy atom. The Kier molecular flexibility index (Phi) is 13.9. The number of aliphatic imine (C=N–C) groups is 1. The van der Waals surface area contributed by atoms with Crippen LogP contribution in [0.25, 0.3) is 0 Å². The Morgan fingerprint density at radius 2 is 1.46 bits per heavy atom. The predicted molar refractivity (Wildman–Crippen MR) is 104 cm³/mol. The van der Waals surface area contributed by atoms with E-state index in [0.717, 1.165) is 45.4 Å². The number of hydrogen-bond donors (Lipinski definition) is 2. The molecule has 142 valence electrons. The van der Waals surface area contributed by atoms with Crippen LogP contribution in [0.1, 0.15) is 64.7 Å². The minimum atomic E-state index is 0.896. The second-order valence-corrected chi connectivity index (χ2v) is 6.71. The number of morpholine rings is 1. The van der Waals surface area contributed by atoms with E-state index in [9.17, 15) is 0 Å². The molecule has 5 heteroatoms. The van der Waals surface area contributed by atoms with Crippen LogP contribution in [0.5, 0.6) is 0 Å². The normalized spacial score (nSPS) is 16.3. The van der Waals surface area contributed by atoms with E-state index in [1.807, 2.05) is 7.05 Å². The number of nitrogens with one attached hydrogen (secondary N) is 2. The SMILES string of the molecule is CCCCCCCCCNC(=NC)NCCCCN1CCOCC1. The van der Waals surface area contributed by atoms with E-state index >= 15 is 0 Å². The molecule has 1 rings (SSSR count). The van der Waals surface area contributed by atoms with Gasteiger partial charge in [-0.15, -0.1) is 0 Å². The van der Waals surface area contributed by atoms with Crippen molar-refractivity contribution in [3.8, 4) is 0 Å². The van der Waals surface area contributed by atoms with Gasteiger partial charge >= 0.3 is 0 Å². The fourth-order valence-electron chi connectivity index (χ4n) is 3.00. The average Bonchev–Trinajstić information content (AvgIpc) is 2.62. The number of nitrogens with zero attached hydrogens (tertiary/aromatic N) is 2. The predicted octanol–water partition coefficient (Wildman–Crippen LogP) is 3.01. The van der Waals surface area contributed by atoms with Gasteiger partial charge in [0.1, 0.15) is 0 Å². The summed E-state index contributed by atoms with van der Waals surface area (Å²) in [5.74, 6) is 0.951. The van der Waals surface area contributed by atoms with Gasteiger partial charge < -0.3 is 15.4 Å². The molecular formula is C19H40N4O. The molecule has 0 atom stereocenters. The maximum atomic E-state index is 5.37. The Labute approximate surface area is 149 Å². The largest absolute Gasteiger partial charge is 0.379 e. The van der Waals surface area contributed by atoms with Gasteiger partial charge in [-0.05, 0) is 25.8 Å². The van der Waals surface area contributed by atoms with Gasteiger partial charge in [-0.2, -0.15) is 0 Å². The highest BCUT2D eigenvalue weighted by Crippen LogP contribution is 2.06. The molecule has 0 aromatic heterocycles. The zero-order valence-electron chi connectivity index (χ0n) is 16.1. The summed E-state index contributed by atoms with van der Waals surface area (Å²) in [4.78, 5) is 6.80. The standard InChI is InChI=1S/C19H40N4O/c1-3-4-5-6-7-8-9-12-21-19(20-2)22-13-10-11-14-23-15-17-24-18-16-23/h3-18H2,1-2H3,(H2,20,21,22). The van der Waals surface area contributed by atoms with Gasteiger partial charge in [-0.1, -0.05) is 45.4 Å². The molecule has 1 aliphatic heterocycles. The van der Waals surface area contributed by atoms with Crippen molar-refractivity contribution in [2.24, 2.45) is 4.99 Å². The molecule has 0 unspecified atom stereocenters. The first kappa shape index (κ1) is 21.2. The third-order valence-electron chi connectivity index (χ3n) is 4.59. The molecule has 1 aliphatic rings. The van der Waals surface area contributed by atoms with E-state index in [1.54, 1.807) is 0 Å². The smallest absolute Gasteiger partial charge is 0.190 e. The molecule has 0 aromatic carbocycles. The lowest BCUT2D eigenvalue weighted by Crippen LogP contribution is -2.39. The van der Waals surface area contributed by atoms with E-state index in [2.05, 4.69) is 27.4 Å². The molecule has 24 heavy (non-hydrogen) atoms. The third-order valence-corrected chi connectivity index (χ3v) is 4.59. The van der Waals surface area contributed by atoms with Crippen LogP contribution >= 0.6 is 0 Å². The zero-order chi connectivity index (χ0) is 17.3. The molecular weight excluding hydrogens is 300 g/mol. The van der Waals surface area contributed by atoms with Crippen LogP contribution in [0, 0.1) is 0 Å². The van der Waals surface area contributed by atoms with Crippen LogP contribution in [-0.2, 0) is 4.74 Å². The first-order valence-electron chi connectivity index (χ1n) is 10.1. The molecule has 5 nitrogen and oxygen atoms in total. The lowest BCUT2D eigenvalue weighted by molar-refractivity contribution is 0.0372. The summed E-state index contributed by atoms with van der Waals surface area (Å²) in [5, 5.41) is 6.85. The molecule has 0 bridgehead atoms. The summed E-state index contributed by atoms with van der Waals surface area (Å²) < 4.78 is 5.37. The average molecular weight is 341 g/mol. The number of unbranched alkanes of at least 4 members (excludes halogenated alkanes) is 7. The van der Waals surface area contributed by atoms with Gasteiger partial charge in [0.25, 0.3) is 0 Å². The fourth-order valence-corrected chi connectivity index (χ4v) is 3.00. The monoisotopic (exact) mass is 340 g/mol. The van der Waals surface area contributed by atoms with Crippen LogP contribution in [0.3, 0.4) is 0 Å². The number of ether oxygens (including phenoxy) is 1. The van der Waals surface area contributed by atoms with Crippen molar-refractivity contribution >= 4 is 5.96 Å². The maximum absolute atomic E-state index is 5.37. The summed E-state index contributed by atoms with van der Waals surface area (Å²) in [5.41, 5.74) is 0. The van der Waals surface area contributed by atoms with Crippen LogP contribution in [0.2, 0.25) is 0 Å². The van der Waals surface area contributed by atoms with Gasteiger partial charge in [0.05, 0.1) is 13.2 Å². The minimum Gasteiger partial charge on any atom is -0.379 e. The minimum absolute atomic E-state index is 0.896. The lowest BCUT2D eigenvalue weighted by Gasteiger charge is -2.26. The Hall–Kier alpha value is -0.810. The summed E-state index contributed by atoms with van der Waals surface area (Å²) in [6.07, 6.45) is 11.9. The van der Waals surface area contributed by atoms with Gasteiger partial charge in [-0.25, -0.2) is 0 Å². The molecule has 1 saturated heterocycles. The topological polar surface area (TPSA) is 48.9 Å². The van der Waals surface area contributed by atoms with E-state index in [1.165, 1.54) is 64.3 Å². The van der Waals surface area contributed by atoms with E-state index in [4.69, 9.17) is 4.74 Å². The highest BCUT2D eigenvalue weighted by molar-refractivity contribution is 5.79. The maximum Gasteiger partial charge on any atom is 0.190 e.